The summed E-state index contributed by atoms with van der Waals surface area (Å²) in [5, 5.41) is 2.22. The summed E-state index contributed by atoms with van der Waals surface area (Å²) in [7, 11) is 0. The standard InChI is InChI=1S/C13H11O2/c1-10(14)15-9-12-7-4-6-11-5-2-3-8-13(11)12/h2-9H,1H3. The van der Waals surface area contributed by atoms with Crippen LogP contribution in [0.15, 0.2) is 42.5 Å². The first-order valence-corrected chi connectivity index (χ1v) is 4.75. The highest BCUT2D eigenvalue weighted by Crippen LogP contribution is 2.19. The summed E-state index contributed by atoms with van der Waals surface area (Å²) in [6.07, 6.45) is 0. The number of hydrogen-bond acceptors (Lipinski definition) is 2. The number of esters is 1. The molecule has 0 aliphatic heterocycles. The second-order valence-electron chi connectivity index (χ2n) is 3.30. The van der Waals surface area contributed by atoms with Crippen LogP contribution < -0.4 is 0 Å². The lowest BCUT2D eigenvalue weighted by molar-refractivity contribution is -0.137. The van der Waals surface area contributed by atoms with Crippen molar-refractivity contribution in [2.75, 3.05) is 0 Å². The molecule has 2 nitrogen and oxygen atoms in total. The van der Waals surface area contributed by atoms with E-state index in [1.54, 1.807) is 0 Å². The van der Waals surface area contributed by atoms with Crippen molar-refractivity contribution in [3.63, 3.8) is 0 Å². The molecule has 75 valence electrons. The number of fused-ring (bicyclic) bond motifs is 1. The summed E-state index contributed by atoms with van der Waals surface area (Å²) in [6, 6.07) is 13.9. The van der Waals surface area contributed by atoms with Crippen molar-refractivity contribution in [2.45, 2.75) is 6.92 Å². The maximum Gasteiger partial charge on any atom is 0.303 e. The van der Waals surface area contributed by atoms with Crippen molar-refractivity contribution in [3.05, 3.63) is 54.6 Å². The third-order valence-corrected chi connectivity index (χ3v) is 2.18. The Morgan fingerprint density at radius 2 is 1.87 bits per heavy atom. The van der Waals surface area contributed by atoms with Crippen molar-refractivity contribution >= 4 is 16.7 Å². The Morgan fingerprint density at radius 1 is 1.13 bits per heavy atom. The molecule has 1 radical (unpaired) electrons. The Labute approximate surface area is 88.5 Å². The van der Waals surface area contributed by atoms with E-state index < -0.39 is 0 Å². The molecule has 2 heteroatoms. The van der Waals surface area contributed by atoms with Gasteiger partial charge in [-0.05, 0) is 10.8 Å². The van der Waals surface area contributed by atoms with E-state index >= 15 is 0 Å². The van der Waals surface area contributed by atoms with Gasteiger partial charge in [-0.2, -0.15) is 0 Å². The minimum absolute atomic E-state index is 0.303. The molecule has 0 aliphatic carbocycles. The van der Waals surface area contributed by atoms with Gasteiger partial charge in [-0.15, -0.1) is 0 Å². The van der Waals surface area contributed by atoms with Crippen LogP contribution in [0.1, 0.15) is 12.5 Å². The summed E-state index contributed by atoms with van der Waals surface area (Å²) in [5.41, 5.74) is 0.920. The van der Waals surface area contributed by atoms with Gasteiger partial charge in [-0.1, -0.05) is 42.5 Å². The number of carbonyl (C=O) groups excluding carboxylic acids is 1. The predicted octanol–water partition coefficient (Wildman–Crippen LogP) is 2.91. The Morgan fingerprint density at radius 3 is 2.67 bits per heavy atom. The number of ether oxygens (including phenoxy) is 1. The van der Waals surface area contributed by atoms with Crippen molar-refractivity contribution in [3.8, 4) is 0 Å². The van der Waals surface area contributed by atoms with E-state index in [0.29, 0.717) is 0 Å². The van der Waals surface area contributed by atoms with Crippen molar-refractivity contribution in [1.82, 2.24) is 0 Å². The van der Waals surface area contributed by atoms with Gasteiger partial charge in [-0.25, -0.2) is 0 Å². The molecule has 0 unspecified atom stereocenters. The minimum Gasteiger partial charge on any atom is -0.453 e. The molecule has 0 fully saturated rings. The third kappa shape index (κ3) is 2.15. The average Bonchev–Trinajstić information content (AvgIpc) is 2.26. The van der Waals surface area contributed by atoms with E-state index in [1.807, 2.05) is 42.5 Å². The van der Waals surface area contributed by atoms with Crippen LogP contribution in [0.2, 0.25) is 0 Å². The largest absolute Gasteiger partial charge is 0.453 e. The molecule has 2 aromatic rings. The molecule has 15 heavy (non-hydrogen) atoms. The Bertz CT molecular complexity index is 483. The Balaban J connectivity index is 2.38. The van der Waals surface area contributed by atoms with E-state index in [9.17, 15) is 4.79 Å². The molecule has 0 saturated carbocycles. The monoisotopic (exact) mass is 199 g/mol. The van der Waals surface area contributed by atoms with E-state index in [4.69, 9.17) is 4.74 Å². The van der Waals surface area contributed by atoms with Crippen LogP contribution in [-0.4, -0.2) is 5.97 Å². The normalized spacial score (nSPS) is 10.2. The van der Waals surface area contributed by atoms with Crippen molar-refractivity contribution in [2.24, 2.45) is 0 Å². The highest BCUT2D eigenvalue weighted by molar-refractivity contribution is 5.86. The van der Waals surface area contributed by atoms with E-state index in [-0.39, 0.29) is 5.97 Å². The van der Waals surface area contributed by atoms with Gasteiger partial charge >= 0.3 is 5.97 Å². The van der Waals surface area contributed by atoms with E-state index in [2.05, 4.69) is 0 Å². The first kappa shape index (κ1) is 9.71. The lowest BCUT2D eigenvalue weighted by Crippen LogP contribution is -1.96. The quantitative estimate of drug-likeness (QED) is 0.695. The van der Waals surface area contributed by atoms with Gasteiger partial charge in [0, 0.05) is 12.5 Å². The summed E-state index contributed by atoms with van der Waals surface area (Å²) in [4.78, 5) is 10.7. The average molecular weight is 199 g/mol. The smallest absolute Gasteiger partial charge is 0.303 e. The van der Waals surface area contributed by atoms with Crippen molar-refractivity contribution in [1.29, 1.82) is 0 Å². The summed E-state index contributed by atoms with van der Waals surface area (Å²) in [5.74, 6) is -0.303. The van der Waals surface area contributed by atoms with Crippen LogP contribution in [-0.2, 0) is 9.53 Å². The predicted molar refractivity (Wildman–Crippen MR) is 59.1 cm³/mol. The molecule has 0 aromatic heterocycles. The number of benzene rings is 2. The van der Waals surface area contributed by atoms with E-state index in [0.717, 1.165) is 16.3 Å². The second kappa shape index (κ2) is 4.13. The van der Waals surface area contributed by atoms with Gasteiger partial charge in [0.2, 0.25) is 0 Å². The maximum atomic E-state index is 10.7. The zero-order valence-corrected chi connectivity index (χ0v) is 8.44. The highest BCUT2D eigenvalue weighted by Gasteiger charge is 2.02. The molecule has 0 amide bonds. The highest BCUT2D eigenvalue weighted by atomic mass is 16.5. The zero-order valence-electron chi connectivity index (χ0n) is 8.44. The van der Waals surface area contributed by atoms with Gasteiger partial charge in [0.25, 0.3) is 0 Å². The minimum atomic E-state index is -0.303. The molecule has 0 saturated heterocycles. The first-order valence-electron chi connectivity index (χ1n) is 4.75. The zero-order chi connectivity index (χ0) is 10.7. The van der Waals surface area contributed by atoms with Gasteiger partial charge in [-0.3, -0.25) is 4.79 Å². The Hall–Kier alpha value is -1.83. The molecule has 0 bridgehead atoms. The van der Waals surface area contributed by atoms with Crippen LogP contribution in [0.25, 0.3) is 10.8 Å². The van der Waals surface area contributed by atoms with Gasteiger partial charge < -0.3 is 4.74 Å². The van der Waals surface area contributed by atoms with Crippen LogP contribution in [0.5, 0.6) is 0 Å². The third-order valence-electron chi connectivity index (χ3n) is 2.18. The molecule has 0 atom stereocenters. The van der Waals surface area contributed by atoms with Crippen LogP contribution in [0, 0.1) is 6.61 Å². The lowest BCUT2D eigenvalue weighted by Gasteiger charge is -2.05. The van der Waals surface area contributed by atoms with Gasteiger partial charge in [0.05, 0.1) is 0 Å². The molecule has 2 rings (SSSR count). The maximum absolute atomic E-state index is 10.7. The van der Waals surface area contributed by atoms with Gasteiger partial charge in [0.1, 0.15) is 0 Å². The first-order chi connectivity index (χ1) is 7.27. The number of hydrogen-bond donors (Lipinski definition) is 0. The molecular formula is C13H11O2. The van der Waals surface area contributed by atoms with Gasteiger partial charge in [0.15, 0.2) is 6.61 Å². The molecule has 0 heterocycles. The van der Waals surface area contributed by atoms with Crippen LogP contribution in [0.4, 0.5) is 0 Å². The molecule has 0 spiro atoms. The SMILES string of the molecule is CC(=O)O[CH]c1cccc2ccccc12. The summed E-state index contributed by atoms with van der Waals surface area (Å²) < 4.78 is 4.87. The molecular weight excluding hydrogens is 188 g/mol. The fraction of sp³-hybridized carbons (Fsp3) is 0.0769. The van der Waals surface area contributed by atoms with E-state index in [1.165, 1.54) is 13.5 Å². The molecule has 2 aromatic carbocycles. The Kier molecular flexibility index (Phi) is 2.68. The van der Waals surface area contributed by atoms with Crippen LogP contribution >= 0.6 is 0 Å². The lowest BCUT2D eigenvalue weighted by atomic mass is 10.1. The fourth-order valence-electron chi connectivity index (χ4n) is 1.50. The molecule has 0 N–H and O–H groups in total. The van der Waals surface area contributed by atoms with Crippen molar-refractivity contribution < 1.29 is 9.53 Å². The topological polar surface area (TPSA) is 26.3 Å². The summed E-state index contributed by atoms with van der Waals surface area (Å²) in [6.45, 7) is 2.88. The van der Waals surface area contributed by atoms with Crippen LogP contribution in [0.3, 0.4) is 0 Å². The fourth-order valence-corrected chi connectivity index (χ4v) is 1.50. The molecule has 0 aliphatic rings. The second-order valence-corrected chi connectivity index (χ2v) is 3.30. The summed E-state index contributed by atoms with van der Waals surface area (Å²) >= 11 is 0. The number of rotatable bonds is 2. The number of carbonyl (C=O) groups is 1.